The molecule has 3 aromatic heterocycles. The first-order chi connectivity index (χ1) is 10.8. The lowest BCUT2D eigenvalue weighted by Gasteiger charge is -2.05. The van der Waals surface area contributed by atoms with Crippen molar-refractivity contribution in [1.82, 2.24) is 15.5 Å². The Kier molecular flexibility index (Phi) is 4.24. The first-order valence-electron chi connectivity index (χ1n) is 6.54. The summed E-state index contributed by atoms with van der Waals surface area (Å²) in [6.45, 7) is 0.270. The summed E-state index contributed by atoms with van der Waals surface area (Å²) in [6.07, 6.45) is 5.11. The topological polar surface area (TPSA) is 81.2 Å². The Morgan fingerprint density at radius 1 is 1.32 bits per heavy atom. The van der Waals surface area contributed by atoms with Gasteiger partial charge in [0.2, 0.25) is 5.76 Å². The number of nitrogens with one attached hydrogen (secondary N) is 1. The van der Waals surface area contributed by atoms with Crippen LogP contribution >= 0.6 is 11.8 Å². The Morgan fingerprint density at radius 2 is 2.23 bits per heavy atom. The predicted molar refractivity (Wildman–Crippen MR) is 81.4 cm³/mol. The Balaban J connectivity index is 1.66. The van der Waals surface area contributed by atoms with Crippen molar-refractivity contribution in [1.29, 1.82) is 0 Å². The highest BCUT2D eigenvalue weighted by molar-refractivity contribution is 7.98. The summed E-state index contributed by atoms with van der Waals surface area (Å²) in [5.41, 5.74) is 1.17. The highest BCUT2D eigenvalue weighted by Gasteiger charge is 2.13. The van der Waals surface area contributed by atoms with E-state index in [4.69, 9.17) is 8.94 Å². The van der Waals surface area contributed by atoms with E-state index in [1.165, 1.54) is 11.8 Å². The van der Waals surface area contributed by atoms with Gasteiger partial charge < -0.3 is 14.3 Å². The van der Waals surface area contributed by atoms with Gasteiger partial charge in [-0.3, -0.25) is 4.79 Å². The summed E-state index contributed by atoms with van der Waals surface area (Å²) < 4.78 is 10.4. The standard InChI is InChI=1S/C15H13N3O3S/c1-22-15-11(4-2-6-16-15)14(19)17-9-10-8-13(21-18-10)12-5-3-7-20-12/h2-8H,9H2,1H3,(H,17,19). The van der Waals surface area contributed by atoms with Gasteiger partial charge in [0, 0.05) is 12.3 Å². The molecule has 0 bridgehead atoms. The maximum Gasteiger partial charge on any atom is 0.254 e. The first kappa shape index (κ1) is 14.4. The number of carbonyl (C=O) groups is 1. The summed E-state index contributed by atoms with van der Waals surface area (Å²) in [5.74, 6) is 0.933. The zero-order valence-corrected chi connectivity index (χ0v) is 12.6. The number of thioether (sulfide) groups is 1. The minimum atomic E-state index is -0.194. The summed E-state index contributed by atoms with van der Waals surface area (Å²) >= 11 is 1.43. The summed E-state index contributed by atoms with van der Waals surface area (Å²) in [5, 5.41) is 7.40. The Bertz CT molecular complexity index is 768. The van der Waals surface area contributed by atoms with Crippen LogP contribution in [-0.2, 0) is 6.54 Å². The van der Waals surface area contributed by atoms with Crippen LogP contribution in [-0.4, -0.2) is 22.3 Å². The number of hydrogen-bond acceptors (Lipinski definition) is 6. The molecular formula is C15H13N3O3S. The highest BCUT2D eigenvalue weighted by Crippen LogP contribution is 2.20. The van der Waals surface area contributed by atoms with Crippen molar-refractivity contribution >= 4 is 17.7 Å². The molecule has 0 aliphatic heterocycles. The molecule has 0 aromatic carbocycles. The van der Waals surface area contributed by atoms with Crippen molar-refractivity contribution in [2.45, 2.75) is 11.6 Å². The third-order valence-corrected chi connectivity index (χ3v) is 3.67. The van der Waals surface area contributed by atoms with Crippen molar-refractivity contribution < 1.29 is 13.7 Å². The third-order valence-electron chi connectivity index (χ3n) is 2.96. The first-order valence-corrected chi connectivity index (χ1v) is 7.77. The van der Waals surface area contributed by atoms with Gasteiger partial charge in [-0.05, 0) is 30.5 Å². The van der Waals surface area contributed by atoms with Crippen LogP contribution < -0.4 is 5.32 Å². The van der Waals surface area contributed by atoms with Gasteiger partial charge in [0.15, 0.2) is 5.76 Å². The van der Waals surface area contributed by atoms with Crippen molar-refractivity contribution in [3.63, 3.8) is 0 Å². The lowest BCUT2D eigenvalue weighted by atomic mass is 10.2. The fourth-order valence-corrected chi connectivity index (χ4v) is 2.47. The van der Waals surface area contributed by atoms with Crippen LogP contribution in [0.25, 0.3) is 11.5 Å². The second kappa shape index (κ2) is 6.48. The van der Waals surface area contributed by atoms with E-state index >= 15 is 0 Å². The molecular weight excluding hydrogens is 302 g/mol. The molecule has 0 saturated heterocycles. The lowest BCUT2D eigenvalue weighted by molar-refractivity contribution is 0.0946. The molecule has 0 aliphatic rings. The van der Waals surface area contributed by atoms with Gasteiger partial charge in [0.05, 0.1) is 18.4 Å². The van der Waals surface area contributed by atoms with Crippen LogP contribution in [0, 0.1) is 0 Å². The molecule has 0 fully saturated rings. The minimum absolute atomic E-state index is 0.194. The van der Waals surface area contributed by atoms with Crippen LogP contribution in [0.1, 0.15) is 16.1 Å². The number of amides is 1. The molecule has 0 atom stereocenters. The number of pyridine rings is 1. The molecule has 7 heteroatoms. The Hall–Kier alpha value is -2.54. The van der Waals surface area contributed by atoms with Gasteiger partial charge in [-0.2, -0.15) is 0 Å². The number of furan rings is 1. The molecule has 0 unspecified atom stereocenters. The van der Waals surface area contributed by atoms with Crippen LogP contribution in [0.5, 0.6) is 0 Å². The number of rotatable bonds is 5. The van der Waals surface area contributed by atoms with E-state index in [9.17, 15) is 4.79 Å². The fourth-order valence-electron chi connectivity index (χ4n) is 1.92. The van der Waals surface area contributed by atoms with Crippen LogP contribution in [0.4, 0.5) is 0 Å². The minimum Gasteiger partial charge on any atom is -0.461 e. The van der Waals surface area contributed by atoms with E-state index in [0.29, 0.717) is 27.8 Å². The lowest BCUT2D eigenvalue weighted by Crippen LogP contribution is -2.23. The third kappa shape index (κ3) is 3.04. The number of carbonyl (C=O) groups excluding carboxylic acids is 1. The molecule has 0 aliphatic carbocycles. The van der Waals surface area contributed by atoms with E-state index in [1.54, 1.807) is 42.8 Å². The van der Waals surface area contributed by atoms with Crippen molar-refractivity contribution in [3.8, 4) is 11.5 Å². The van der Waals surface area contributed by atoms with Crippen LogP contribution in [0.3, 0.4) is 0 Å². The van der Waals surface area contributed by atoms with Gasteiger partial charge in [0.1, 0.15) is 10.7 Å². The molecule has 112 valence electrons. The van der Waals surface area contributed by atoms with Gasteiger partial charge in [-0.25, -0.2) is 4.98 Å². The average Bonchev–Trinajstić information content (AvgIpc) is 3.23. The second-order valence-electron chi connectivity index (χ2n) is 4.40. The maximum atomic E-state index is 12.2. The monoisotopic (exact) mass is 315 g/mol. The van der Waals surface area contributed by atoms with Gasteiger partial charge in [0.25, 0.3) is 5.91 Å². The van der Waals surface area contributed by atoms with E-state index in [0.717, 1.165) is 0 Å². The molecule has 0 radical (unpaired) electrons. The number of hydrogen-bond donors (Lipinski definition) is 1. The van der Waals surface area contributed by atoms with Crippen LogP contribution in [0.2, 0.25) is 0 Å². The van der Waals surface area contributed by atoms with Gasteiger partial charge in [-0.1, -0.05) is 5.16 Å². The maximum absolute atomic E-state index is 12.2. The fraction of sp³-hybridized carbons (Fsp3) is 0.133. The zero-order valence-electron chi connectivity index (χ0n) is 11.8. The Labute approximate surface area is 130 Å². The molecule has 3 aromatic rings. The van der Waals surface area contributed by atoms with Crippen LogP contribution in [0.15, 0.2) is 56.8 Å². The summed E-state index contributed by atoms with van der Waals surface area (Å²) in [6, 6.07) is 8.76. The molecule has 0 saturated carbocycles. The Morgan fingerprint density at radius 3 is 3.00 bits per heavy atom. The van der Waals surface area contributed by atoms with Gasteiger partial charge >= 0.3 is 0 Å². The molecule has 1 N–H and O–H groups in total. The predicted octanol–water partition coefficient (Wildman–Crippen LogP) is 2.98. The SMILES string of the molecule is CSc1ncccc1C(=O)NCc1cc(-c2ccco2)on1. The second-order valence-corrected chi connectivity index (χ2v) is 5.20. The summed E-state index contributed by atoms with van der Waals surface area (Å²) in [7, 11) is 0. The number of nitrogens with zero attached hydrogens (tertiary/aromatic N) is 2. The largest absolute Gasteiger partial charge is 0.461 e. The molecule has 3 rings (SSSR count). The van der Waals surface area contributed by atoms with Gasteiger partial charge in [-0.15, -0.1) is 11.8 Å². The van der Waals surface area contributed by atoms with E-state index < -0.39 is 0 Å². The molecule has 3 heterocycles. The highest BCUT2D eigenvalue weighted by atomic mass is 32.2. The molecule has 6 nitrogen and oxygen atoms in total. The normalized spacial score (nSPS) is 10.6. The molecule has 0 spiro atoms. The van der Waals surface area contributed by atoms with E-state index in [1.807, 2.05) is 6.26 Å². The van der Waals surface area contributed by atoms with E-state index in [-0.39, 0.29) is 12.5 Å². The van der Waals surface area contributed by atoms with Crippen molar-refractivity contribution in [2.75, 3.05) is 6.26 Å². The molecule has 22 heavy (non-hydrogen) atoms. The zero-order chi connectivity index (χ0) is 15.4. The smallest absolute Gasteiger partial charge is 0.254 e. The number of aromatic nitrogens is 2. The molecule has 1 amide bonds. The van der Waals surface area contributed by atoms with E-state index in [2.05, 4.69) is 15.5 Å². The van der Waals surface area contributed by atoms with Crippen molar-refractivity contribution in [2.24, 2.45) is 0 Å². The van der Waals surface area contributed by atoms with Crippen molar-refractivity contribution in [3.05, 3.63) is 54.0 Å². The summed E-state index contributed by atoms with van der Waals surface area (Å²) in [4.78, 5) is 16.4. The average molecular weight is 315 g/mol. The quantitative estimate of drug-likeness (QED) is 0.729.